The largest absolute Gasteiger partial charge is 0.477 e. The molecule has 0 unspecified atom stereocenters. The van der Waals surface area contributed by atoms with Crippen molar-refractivity contribution in [2.45, 2.75) is 13.8 Å². The van der Waals surface area contributed by atoms with Crippen LogP contribution in [0, 0.1) is 12.7 Å². The highest BCUT2D eigenvalue weighted by molar-refractivity contribution is 7.20. The van der Waals surface area contributed by atoms with Gasteiger partial charge in [-0.25, -0.2) is 19.3 Å². The average Bonchev–Trinajstić information content (AvgIpc) is 2.88. The summed E-state index contributed by atoms with van der Waals surface area (Å²) in [7, 11) is 0. The predicted molar refractivity (Wildman–Crippen MR) is 85.5 cm³/mol. The number of halogens is 1. The zero-order chi connectivity index (χ0) is 16.4. The van der Waals surface area contributed by atoms with Crippen LogP contribution in [-0.4, -0.2) is 27.5 Å². The summed E-state index contributed by atoms with van der Waals surface area (Å²) >= 11 is 1.25. The van der Waals surface area contributed by atoms with Crippen molar-refractivity contribution in [2.75, 3.05) is 11.9 Å². The van der Waals surface area contributed by atoms with E-state index in [1.54, 1.807) is 0 Å². The molecule has 0 aliphatic heterocycles. The van der Waals surface area contributed by atoms with Crippen LogP contribution in [0.5, 0.6) is 5.88 Å². The number of anilines is 1. The minimum absolute atomic E-state index is 0.282. The van der Waals surface area contributed by atoms with E-state index in [-0.39, 0.29) is 11.7 Å². The third-order valence-electron chi connectivity index (χ3n) is 3.15. The standard InChI is InChI=1S/C15H13FN4O2S/c1-3-22-14-11-8(2)12(23-15(11)19-7-18-14)13(21)20-10-5-4-9(16)6-17-10/h4-7H,3H2,1-2H3,(H,17,20,21). The van der Waals surface area contributed by atoms with E-state index in [0.717, 1.165) is 17.1 Å². The maximum Gasteiger partial charge on any atom is 0.267 e. The molecule has 0 aliphatic carbocycles. The molecule has 118 valence electrons. The lowest BCUT2D eigenvalue weighted by Crippen LogP contribution is -2.12. The summed E-state index contributed by atoms with van der Waals surface area (Å²) in [6.45, 7) is 4.16. The number of thiophene rings is 1. The number of ether oxygens (including phenoxy) is 1. The molecule has 0 aliphatic rings. The second kappa shape index (κ2) is 6.25. The highest BCUT2D eigenvalue weighted by Crippen LogP contribution is 2.34. The van der Waals surface area contributed by atoms with Gasteiger partial charge in [-0.15, -0.1) is 11.3 Å². The molecular formula is C15H13FN4O2S. The van der Waals surface area contributed by atoms with Crippen molar-refractivity contribution in [1.29, 1.82) is 0 Å². The summed E-state index contributed by atoms with van der Waals surface area (Å²) < 4.78 is 18.4. The van der Waals surface area contributed by atoms with Crippen LogP contribution in [0.15, 0.2) is 24.7 Å². The van der Waals surface area contributed by atoms with Crippen LogP contribution in [0.1, 0.15) is 22.2 Å². The maximum absolute atomic E-state index is 12.9. The van der Waals surface area contributed by atoms with Crippen LogP contribution in [-0.2, 0) is 0 Å². The highest BCUT2D eigenvalue weighted by atomic mass is 32.1. The van der Waals surface area contributed by atoms with Crippen LogP contribution in [0.2, 0.25) is 0 Å². The number of amides is 1. The van der Waals surface area contributed by atoms with Crippen molar-refractivity contribution in [3.63, 3.8) is 0 Å². The molecule has 0 atom stereocenters. The van der Waals surface area contributed by atoms with Crippen LogP contribution in [0.3, 0.4) is 0 Å². The minimum Gasteiger partial charge on any atom is -0.477 e. The number of aryl methyl sites for hydroxylation is 1. The van der Waals surface area contributed by atoms with E-state index in [0.29, 0.717) is 22.2 Å². The van der Waals surface area contributed by atoms with E-state index < -0.39 is 5.82 Å². The van der Waals surface area contributed by atoms with Gasteiger partial charge in [0.25, 0.3) is 5.91 Å². The first-order chi connectivity index (χ1) is 11.1. The lowest BCUT2D eigenvalue weighted by atomic mass is 10.2. The average molecular weight is 332 g/mol. The van der Waals surface area contributed by atoms with Crippen molar-refractivity contribution >= 4 is 33.3 Å². The summed E-state index contributed by atoms with van der Waals surface area (Å²) in [4.78, 5) is 25.7. The molecule has 3 aromatic heterocycles. The smallest absolute Gasteiger partial charge is 0.267 e. The Kier molecular flexibility index (Phi) is 4.16. The molecule has 3 aromatic rings. The highest BCUT2D eigenvalue weighted by Gasteiger charge is 2.20. The predicted octanol–water partition coefficient (Wildman–Crippen LogP) is 3.18. The Hall–Kier alpha value is -2.61. The maximum atomic E-state index is 12.9. The fourth-order valence-corrected chi connectivity index (χ4v) is 3.16. The SMILES string of the molecule is CCOc1ncnc2sc(C(=O)Nc3ccc(F)cn3)c(C)c12. The Morgan fingerprint density at radius 1 is 1.35 bits per heavy atom. The van der Waals surface area contributed by atoms with Gasteiger partial charge >= 0.3 is 0 Å². The fourth-order valence-electron chi connectivity index (χ4n) is 2.12. The normalized spacial score (nSPS) is 10.7. The number of nitrogens with one attached hydrogen (secondary N) is 1. The number of pyridine rings is 1. The Labute approximate surface area is 135 Å². The Balaban J connectivity index is 1.96. The first-order valence-electron chi connectivity index (χ1n) is 6.90. The van der Waals surface area contributed by atoms with E-state index in [1.165, 1.54) is 29.8 Å². The number of rotatable bonds is 4. The Morgan fingerprint density at radius 3 is 2.87 bits per heavy atom. The molecule has 23 heavy (non-hydrogen) atoms. The zero-order valence-electron chi connectivity index (χ0n) is 12.5. The van der Waals surface area contributed by atoms with E-state index in [2.05, 4.69) is 20.3 Å². The number of carbonyl (C=O) groups is 1. The summed E-state index contributed by atoms with van der Waals surface area (Å²) in [5, 5.41) is 3.38. The van der Waals surface area contributed by atoms with Crippen LogP contribution in [0.4, 0.5) is 10.2 Å². The van der Waals surface area contributed by atoms with E-state index in [9.17, 15) is 9.18 Å². The molecule has 0 spiro atoms. The van der Waals surface area contributed by atoms with Gasteiger partial charge in [-0.05, 0) is 31.5 Å². The molecule has 3 rings (SSSR count). The number of hydrogen-bond donors (Lipinski definition) is 1. The number of carbonyl (C=O) groups excluding carboxylic acids is 1. The Bertz CT molecular complexity index is 864. The molecule has 0 aromatic carbocycles. The lowest BCUT2D eigenvalue weighted by Gasteiger charge is -2.04. The molecule has 0 radical (unpaired) electrons. The molecule has 8 heteroatoms. The summed E-state index contributed by atoms with van der Waals surface area (Å²) in [5.74, 6) is -0.0423. The van der Waals surface area contributed by atoms with Gasteiger partial charge in [-0.2, -0.15) is 0 Å². The van der Waals surface area contributed by atoms with E-state index in [1.807, 2.05) is 13.8 Å². The quantitative estimate of drug-likeness (QED) is 0.794. The minimum atomic E-state index is -0.460. The van der Waals surface area contributed by atoms with Gasteiger partial charge < -0.3 is 10.1 Å². The lowest BCUT2D eigenvalue weighted by molar-refractivity contribution is 0.102. The molecule has 0 saturated carbocycles. The molecular weight excluding hydrogens is 319 g/mol. The molecule has 1 N–H and O–H groups in total. The molecule has 0 fully saturated rings. The Morgan fingerprint density at radius 2 is 2.17 bits per heavy atom. The topological polar surface area (TPSA) is 77.0 Å². The van der Waals surface area contributed by atoms with E-state index in [4.69, 9.17) is 4.74 Å². The van der Waals surface area contributed by atoms with Gasteiger partial charge in [-0.3, -0.25) is 4.79 Å². The number of aromatic nitrogens is 3. The number of nitrogens with zero attached hydrogens (tertiary/aromatic N) is 3. The monoisotopic (exact) mass is 332 g/mol. The van der Waals surface area contributed by atoms with Crippen molar-refractivity contribution in [1.82, 2.24) is 15.0 Å². The second-order valence-corrected chi connectivity index (χ2v) is 5.66. The molecule has 3 heterocycles. The van der Waals surface area contributed by atoms with Crippen LogP contribution in [0.25, 0.3) is 10.2 Å². The molecule has 6 nitrogen and oxygen atoms in total. The van der Waals surface area contributed by atoms with E-state index >= 15 is 0 Å². The van der Waals surface area contributed by atoms with Gasteiger partial charge in [0.1, 0.15) is 22.8 Å². The first kappa shape index (κ1) is 15.3. The third-order valence-corrected chi connectivity index (χ3v) is 4.35. The van der Waals surface area contributed by atoms with Crippen LogP contribution < -0.4 is 10.1 Å². The first-order valence-corrected chi connectivity index (χ1v) is 7.71. The van der Waals surface area contributed by atoms with Gasteiger partial charge in [0.05, 0.1) is 23.1 Å². The van der Waals surface area contributed by atoms with Crippen molar-refractivity contribution in [3.05, 3.63) is 40.9 Å². The van der Waals surface area contributed by atoms with Gasteiger partial charge in [0.15, 0.2) is 0 Å². The van der Waals surface area contributed by atoms with Crippen LogP contribution >= 0.6 is 11.3 Å². The number of hydrogen-bond acceptors (Lipinski definition) is 6. The number of fused-ring (bicyclic) bond motifs is 1. The van der Waals surface area contributed by atoms with Crippen molar-refractivity contribution in [2.24, 2.45) is 0 Å². The summed E-state index contributed by atoms with van der Waals surface area (Å²) in [6, 6.07) is 2.64. The fraction of sp³-hybridized carbons (Fsp3) is 0.200. The van der Waals surface area contributed by atoms with Crippen molar-refractivity contribution in [3.8, 4) is 5.88 Å². The third kappa shape index (κ3) is 2.98. The molecule has 0 bridgehead atoms. The van der Waals surface area contributed by atoms with Gasteiger partial charge in [-0.1, -0.05) is 0 Å². The van der Waals surface area contributed by atoms with Gasteiger partial charge in [0, 0.05) is 0 Å². The van der Waals surface area contributed by atoms with Crippen molar-refractivity contribution < 1.29 is 13.9 Å². The molecule has 1 amide bonds. The molecule has 0 saturated heterocycles. The summed E-state index contributed by atoms with van der Waals surface area (Å²) in [5.41, 5.74) is 0.744. The zero-order valence-corrected chi connectivity index (χ0v) is 13.3. The summed E-state index contributed by atoms with van der Waals surface area (Å²) in [6.07, 6.45) is 2.46. The second-order valence-electron chi connectivity index (χ2n) is 4.66. The van der Waals surface area contributed by atoms with Gasteiger partial charge in [0.2, 0.25) is 5.88 Å².